The van der Waals surface area contributed by atoms with Gasteiger partial charge in [-0.3, -0.25) is 0 Å². The minimum Gasteiger partial charge on any atom is -0.383 e. The van der Waals surface area contributed by atoms with Crippen LogP contribution in [0.5, 0.6) is 0 Å². The fourth-order valence-electron chi connectivity index (χ4n) is 2.47. The fraction of sp³-hybridized carbons (Fsp3) is 0.600. The van der Waals surface area contributed by atoms with E-state index in [1.165, 1.54) is 18.9 Å². The number of rotatable bonds is 7. The van der Waals surface area contributed by atoms with Gasteiger partial charge in [0.25, 0.3) is 0 Å². The number of halogens is 2. The molecule has 1 aliphatic carbocycles. The molecule has 106 valence electrons. The number of anilines is 1. The van der Waals surface area contributed by atoms with Gasteiger partial charge in [0, 0.05) is 31.3 Å². The molecule has 0 heterocycles. The van der Waals surface area contributed by atoms with Crippen LogP contribution in [0.2, 0.25) is 0 Å². The molecule has 1 aromatic rings. The van der Waals surface area contributed by atoms with E-state index in [-0.39, 0.29) is 5.82 Å². The molecular formula is C15H21ClFNO. The summed E-state index contributed by atoms with van der Waals surface area (Å²) in [5.41, 5.74) is 1.73. The smallest absolute Gasteiger partial charge is 0.125 e. The highest BCUT2D eigenvalue weighted by atomic mass is 35.5. The molecular weight excluding hydrogens is 265 g/mol. The standard InChI is InChI=1S/C15H21ClFNO/c1-11(13-3-4-13)18(5-6-19-2)15-8-12(10-16)7-14(17)9-15/h7-9,11,13H,3-6,10H2,1-2H3. The van der Waals surface area contributed by atoms with Gasteiger partial charge in [-0.05, 0) is 49.4 Å². The molecule has 0 radical (unpaired) electrons. The summed E-state index contributed by atoms with van der Waals surface area (Å²) in [6.07, 6.45) is 2.53. The van der Waals surface area contributed by atoms with E-state index in [0.29, 0.717) is 18.5 Å². The zero-order chi connectivity index (χ0) is 13.8. The lowest BCUT2D eigenvalue weighted by molar-refractivity contribution is 0.202. The second-order valence-corrected chi connectivity index (χ2v) is 5.48. The number of alkyl halides is 1. The van der Waals surface area contributed by atoms with Crippen molar-refractivity contribution in [3.8, 4) is 0 Å². The van der Waals surface area contributed by atoms with Crippen molar-refractivity contribution in [3.05, 3.63) is 29.6 Å². The molecule has 0 aromatic heterocycles. The zero-order valence-corrected chi connectivity index (χ0v) is 12.3. The first-order valence-electron chi connectivity index (χ1n) is 6.76. The van der Waals surface area contributed by atoms with E-state index in [4.69, 9.17) is 16.3 Å². The fourth-order valence-corrected chi connectivity index (χ4v) is 2.62. The highest BCUT2D eigenvalue weighted by Gasteiger charge is 2.32. The van der Waals surface area contributed by atoms with Crippen LogP contribution in [0.15, 0.2) is 18.2 Å². The molecule has 1 aliphatic rings. The summed E-state index contributed by atoms with van der Waals surface area (Å²) >= 11 is 5.82. The first-order valence-corrected chi connectivity index (χ1v) is 7.30. The van der Waals surface area contributed by atoms with Crippen molar-refractivity contribution in [1.82, 2.24) is 0 Å². The summed E-state index contributed by atoms with van der Waals surface area (Å²) in [6, 6.07) is 5.47. The van der Waals surface area contributed by atoms with Crippen LogP contribution >= 0.6 is 11.6 Å². The zero-order valence-electron chi connectivity index (χ0n) is 11.5. The maximum absolute atomic E-state index is 13.7. The van der Waals surface area contributed by atoms with Crippen molar-refractivity contribution in [2.45, 2.75) is 31.7 Å². The molecule has 0 N–H and O–H groups in total. The van der Waals surface area contributed by atoms with Crippen LogP contribution in [0.3, 0.4) is 0 Å². The summed E-state index contributed by atoms with van der Waals surface area (Å²) in [5, 5.41) is 0. The lowest BCUT2D eigenvalue weighted by Gasteiger charge is -2.31. The molecule has 0 spiro atoms. The van der Waals surface area contributed by atoms with Crippen molar-refractivity contribution >= 4 is 17.3 Å². The Hall–Kier alpha value is -0.800. The van der Waals surface area contributed by atoms with Crippen LogP contribution in [-0.2, 0) is 10.6 Å². The molecule has 0 aliphatic heterocycles. The van der Waals surface area contributed by atoms with Gasteiger partial charge in [-0.15, -0.1) is 11.6 Å². The Kier molecular flexibility index (Phi) is 5.06. The van der Waals surface area contributed by atoms with Crippen molar-refractivity contribution < 1.29 is 9.13 Å². The number of benzene rings is 1. The van der Waals surface area contributed by atoms with E-state index >= 15 is 0 Å². The summed E-state index contributed by atoms with van der Waals surface area (Å²) in [5.74, 6) is 0.832. The van der Waals surface area contributed by atoms with Crippen molar-refractivity contribution in [2.75, 3.05) is 25.2 Å². The van der Waals surface area contributed by atoms with Gasteiger partial charge in [0.05, 0.1) is 6.61 Å². The first-order chi connectivity index (χ1) is 9.15. The second kappa shape index (κ2) is 6.58. The molecule has 0 saturated heterocycles. The van der Waals surface area contributed by atoms with Crippen LogP contribution < -0.4 is 4.90 Å². The third-order valence-corrected chi connectivity index (χ3v) is 4.07. The third kappa shape index (κ3) is 3.83. The Morgan fingerprint density at radius 2 is 2.16 bits per heavy atom. The quantitative estimate of drug-likeness (QED) is 0.706. The van der Waals surface area contributed by atoms with E-state index < -0.39 is 0 Å². The predicted molar refractivity (Wildman–Crippen MR) is 77.4 cm³/mol. The molecule has 0 amide bonds. The lowest BCUT2D eigenvalue weighted by atomic mass is 10.1. The van der Waals surface area contributed by atoms with Gasteiger partial charge < -0.3 is 9.64 Å². The number of ether oxygens (including phenoxy) is 1. The Morgan fingerprint density at radius 1 is 1.42 bits per heavy atom. The van der Waals surface area contributed by atoms with E-state index in [9.17, 15) is 4.39 Å². The Balaban J connectivity index is 2.22. The maximum atomic E-state index is 13.7. The molecule has 2 nitrogen and oxygen atoms in total. The van der Waals surface area contributed by atoms with Gasteiger partial charge in [0.15, 0.2) is 0 Å². The SMILES string of the molecule is COCCN(c1cc(F)cc(CCl)c1)C(C)C1CC1. The number of nitrogens with zero attached hydrogens (tertiary/aromatic N) is 1. The predicted octanol–water partition coefficient (Wildman–Crippen LogP) is 3.82. The van der Waals surface area contributed by atoms with E-state index in [0.717, 1.165) is 23.7 Å². The lowest BCUT2D eigenvalue weighted by Crippen LogP contribution is -2.37. The van der Waals surface area contributed by atoms with Gasteiger partial charge in [-0.2, -0.15) is 0 Å². The van der Waals surface area contributed by atoms with Crippen molar-refractivity contribution in [3.63, 3.8) is 0 Å². The summed E-state index contributed by atoms with van der Waals surface area (Å²) in [7, 11) is 1.69. The molecule has 1 aromatic carbocycles. The summed E-state index contributed by atoms with van der Waals surface area (Å²) in [4.78, 5) is 2.24. The molecule has 1 fully saturated rings. The average molecular weight is 286 g/mol. The highest BCUT2D eigenvalue weighted by Crippen LogP contribution is 2.37. The topological polar surface area (TPSA) is 12.5 Å². The second-order valence-electron chi connectivity index (χ2n) is 5.22. The third-order valence-electron chi connectivity index (χ3n) is 3.76. The van der Waals surface area contributed by atoms with Crippen LogP contribution in [0, 0.1) is 11.7 Å². The van der Waals surface area contributed by atoms with Crippen molar-refractivity contribution in [2.24, 2.45) is 5.92 Å². The number of hydrogen-bond acceptors (Lipinski definition) is 2. The number of methoxy groups -OCH3 is 1. The van der Waals surface area contributed by atoms with Crippen molar-refractivity contribution in [1.29, 1.82) is 0 Å². The van der Waals surface area contributed by atoms with Crippen LogP contribution in [0.1, 0.15) is 25.3 Å². The van der Waals surface area contributed by atoms with Gasteiger partial charge in [0.1, 0.15) is 5.82 Å². The highest BCUT2D eigenvalue weighted by molar-refractivity contribution is 6.17. The molecule has 1 unspecified atom stereocenters. The maximum Gasteiger partial charge on any atom is 0.125 e. The number of hydrogen-bond donors (Lipinski definition) is 0. The molecule has 1 atom stereocenters. The Morgan fingerprint density at radius 3 is 2.74 bits per heavy atom. The van der Waals surface area contributed by atoms with Gasteiger partial charge in [0.2, 0.25) is 0 Å². The van der Waals surface area contributed by atoms with Gasteiger partial charge in [-0.1, -0.05) is 0 Å². The molecule has 4 heteroatoms. The van der Waals surface area contributed by atoms with E-state index in [1.54, 1.807) is 13.2 Å². The van der Waals surface area contributed by atoms with E-state index in [2.05, 4.69) is 11.8 Å². The minimum absolute atomic E-state index is 0.224. The van der Waals surface area contributed by atoms with E-state index in [1.807, 2.05) is 6.07 Å². The Labute approximate surface area is 119 Å². The monoisotopic (exact) mass is 285 g/mol. The summed E-state index contributed by atoms with van der Waals surface area (Å²) < 4.78 is 18.8. The molecule has 19 heavy (non-hydrogen) atoms. The molecule has 2 rings (SSSR count). The van der Waals surface area contributed by atoms with Gasteiger partial charge in [-0.25, -0.2) is 4.39 Å². The largest absolute Gasteiger partial charge is 0.383 e. The minimum atomic E-state index is -0.224. The Bertz CT molecular complexity index is 423. The van der Waals surface area contributed by atoms with Gasteiger partial charge >= 0.3 is 0 Å². The molecule has 0 bridgehead atoms. The first kappa shape index (κ1) is 14.6. The van der Waals surface area contributed by atoms with Crippen LogP contribution in [0.25, 0.3) is 0 Å². The van der Waals surface area contributed by atoms with Crippen LogP contribution in [0.4, 0.5) is 10.1 Å². The molecule has 1 saturated carbocycles. The average Bonchev–Trinajstić information content (AvgIpc) is 3.22. The van der Waals surface area contributed by atoms with Crippen LogP contribution in [-0.4, -0.2) is 26.3 Å². The normalized spacial score (nSPS) is 16.4. The summed E-state index contributed by atoms with van der Waals surface area (Å²) in [6.45, 7) is 3.63.